The number of nitrogens with zero attached hydrogens (tertiary/aromatic N) is 2. The number of rotatable bonds is 7. The van der Waals surface area contributed by atoms with Crippen molar-refractivity contribution < 1.29 is 23.9 Å². The topological polar surface area (TPSA) is 125 Å². The zero-order chi connectivity index (χ0) is 25.4. The molecular formula is C25H18Cl2N3O5P. The summed E-state index contributed by atoms with van der Waals surface area (Å²) in [6.45, 7) is 0. The SMILES string of the molecule is O=C(Cc1ccc2ccccc2n1)c1ccc2nc(-c3c(Cl)cc(OCP(=O)(O)O)cc3Cl)[nH]c2c1. The van der Waals surface area contributed by atoms with Crippen molar-refractivity contribution in [2.75, 3.05) is 6.35 Å². The molecule has 0 amide bonds. The molecule has 0 saturated carbocycles. The predicted octanol–water partition coefficient (Wildman–Crippen LogP) is 6.02. The first-order valence-corrected chi connectivity index (χ1v) is 13.3. The van der Waals surface area contributed by atoms with Crippen molar-refractivity contribution in [1.82, 2.24) is 15.0 Å². The van der Waals surface area contributed by atoms with Crippen molar-refractivity contribution in [3.05, 3.63) is 88.0 Å². The number of hydrogen-bond donors (Lipinski definition) is 3. The van der Waals surface area contributed by atoms with Crippen molar-refractivity contribution in [2.45, 2.75) is 6.42 Å². The van der Waals surface area contributed by atoms with Gasteiger partial charge in [0.25, 0.3) is 0 Å². The molecule has 0 radical (unpaired) electrons. The number of fused-ring (bicyclic) bond motifs is 2. The standard InChI is InChI=1S/C25H18Cl2N3O5P/c26-18-11-17(35-13-36(32,33)34)12-19(27)24(18)25-29-21-8-6-15(9-22(21)30-25)23(31)10-16-7-5-14-3-1-2-4-20(14)28-16/h1-9,11-12H,10,13H2,(H,29,30)(H2,32,33,34). The lowest BCUT2D eigenvalue weighted by Crippen LogP contribution is -2.05. The van der Waals surface area contributed by atoms with Gasteiger partial charge in [-0.1, -0.05) is 47.5 Å². The van der Waals surface area contributed by atoms with E-state index in [0.29, 0.717) is 33.7 Å². The Hall–Kier alpha value is -3.26. The van der Waals surface area contributed by atoms with Crippen LogP contribution in [-0.2, 0) is 11.0 Å². The van der Waals surface area contributed by atoms with Gasteiger partial charge in [-0.3, -0.25) is 14.3 Å². The van der Waals surface area contributed by atoms with E-state index in [4.69, 9.17) is 37.7 Å². The summed E-state index contributed by atoms with van der Waals surface area (Å²) in [6, 6.07) is 19.5. The number of aromatic nitrogens is 3. The number of pyridine rings is 1. The number of aromatic amines is 1. The molecule has 2 aromatic heterocycles. The molecule has 3 aromatic carbocycles. The number of H-pyrrole nitrogens is 1. The van der Waals surface area contributed by atoms with E-state index >= 15 is 0 Å². The van der Waals surface area contributed by atoms with Crippen LogP contribution in [0, 0.1) is 0 Å². The van der Waals surface area contributed by atoms with Gasteiger partial charge in [0.15, 0.2) is 12.1 Å². The lowest BCUT2D eigenvalue weighted by Gasteiger charge is -2.10. The minimum absolute atomic E-state index is 0.0848. The largest absolute Gasteiger partial charge is 0.481 e. The van der Waals surface area contributed by atoms with E-state index in [1.807, 2.05) is 36.4 Å². The van der Waals surface area contributed by atoms with Crippen LogP contribution < -0.4 is 4.74 Å². The molecule has 3 N–H and O–H groups in total. The fraction of sp³-hybridized carbons (Fsp3) is 0.0800. The minimum Gasteiger partial charge on any atom is -0.481 e. The third-order valence-electron chi connectivity index (χ3n) is 5.45. The fourth-order valence-corrected chi connectivity index (χ4v) is 4.76. The highest BCUT2D eigenvalue weighted by Gasteiger charge is 2.19. The van der Waals surface area contributed by atoms with Crippen molar-refractivity contribution in [3.8, 4) is 17.1 Å². The molecule has 182 valence electrons. The average Bonchev–Trinajstić information content (AvgIpc) is 3.24. The second-order valence-electron chi connectivity index (χ2n) is 8.11. The number of imidazole rings is 1. The Balaban J connectivity index is 1.40. The highest BCUT2D eigenvalue weighted by atomic mass is 35.5. The first-order valence-electron chi connectivity index (χ1n) is 10.7. The molecule has 0 aliphatic rings. The molecule has 11 heteroatoms. The summed E-state index contributed by atoms with van der Waals surface area (Å²) in [5.74, 6) is 0.407. The van der Waals surface area contributed by atoms with Crippen molar-refractivity contribution in [1.29, 1.82) is 0 Å². The molecular weight excluding hydrogens is 524 g/mol. The number of carbonyl (C=O) groups excluding carboxylic acids is 1. The maximum absolute atomic E-state index is 13.0. The first-order chi connectivity index (χ1) is 17.2. The normalized spacial score (nSPS) is 11.8. The molecule has 36 heavy (non-hydrogen) atoms. The lowest BCUT2D eigenvalue weighted by atomic mass is 10.0. The Morgan fingerprint density at radius 1 is 0.944 bits per heavy atom. The third kappa shape index (κ3) is 5.28. The number of Topliss-reactive ketones (excluding diaryl/α,β-unsaturated/α-hetero) is 1. The molecule has 0 aliphatic heterocycles. The number of ether oxygens (including phenoxy) is 1. The maximum Gasteiger partial charge on any atom is 0.362 e. The Labute approximate surface area is 215 Å². The Morgan fingerprint density at radius 2 is 1.69 bits per heavy atom. The molecule has 0 fully saturated rings. The summed E-state index contributed by atoms with van der Waals surface area (Å²) in [7, 11) is -4.36. The molecule has 2 heterocycles. The van der Waals surface area contributed by atoms with Crippen LogP contribution in [0.4, 0.5) is 0 Å². The van der Waals surface area contributed by atoms with E-state index < -0.39 is 13.9 Å². The summed E-state index contributed by atoms with van der Waals surface area (Å²) in [4.78, 5) is 43.2. The van der Waals surface area contributed by atoms with Crippen LogP contribution in [0.3, 0.4) is 0 Å². The van der Waals surface area contributed by atoms with E-state index in [1.54, 1.807) is 18.2 Å². The molecule has 0 saturated heterocycles. The van der Waals surface area contributed by atoms with E-state index in [1.165, 1.54) is 12.1 Å². The van der Waals surface area contributed by atoms with E-state index in [9.17, 15) is 9.36 Å². The van der Waals surface area contributed by atoms with Gasteiger partial charge in [0.05, 0.1) is 38.6 Å². The summed E-state index contributed by atoms with van der Waals surface area (Å²) in [6.07, 6.45) is -0.639. The third-order valence-corrected chi connectivity index (χ3v) is 6.52. The Bertz CT molecular complexity index is 1660. The number of benzene rings is 3. The van der Waals surface area contributed by atoms with Crippen LogP contribution >= 0.6 is 30.8 Å². The number of para-hydroxylation sites is 1. The van der Waals surface area contributed by atoms with Gasteiger partial charge in [0.2, 0.25) is 0 Å². The lowest BCUT2D eigenvalue weighted by molar-refractivity contribution is 0.0992. The van der Waals surface area contributed by atoms with Gasteiger partial charge in [-0.2, -0.15) is 0 Å². The average molecular weight is 542 g/mol. The van der Waals surface area contributed by atoms with Crippen molar-refractivity contribution >= 4 is 58.5 Å². The van der Waals surface area contributed by atoms with E-state index in [2.05, 4.69) is 15.0 Å². The molecule has 0 bridgehead atoms. The number of hydrogen-bond acceptors (Lipinski definition) is 5. The summed E-state index contributed by atoms with van der Waals surface area (Å²) in [5, 5.41) is 1.38. The monoisotopic (exact) mass is 541 g/mol. The predicted molar refractivity (Wildman–Crippen MR) is 139 cm³/mol. The Morgan fingerprint density at radius 3 is 2.44 bits per heavy atom. The zero-order valence-corrected chi connectivity index (χ0v) is 20.9. The van der Waals surface area contributed by atoms with Gasteiger partial charge >= 0.3 is 7.60 Å². The summed E-state index contributed by atoms with van der Waals surface area (Å²) >= 11 is 12.8. The van der Waals surface area contributed by atoms with Crippen molar-refractivity contribution in [3.63, 3.8) is 0 Å². The zero-order valence-electron chi connectivity index (χ0n) is 18.5. The second kappa shape index (κ2) is 9.65. The minimum atomic E-state index is -4.36. The quantitative estimate of drug-likeness (QED) is 0.170. The highest BCUT2D eigenvalue weighted by molar-refractivity contribution is 7.51. The van der Waals surface area contributed by atoms with Gasteiger partial charge < -0.3 is 19.5 Å². The van der Waals surface area contributed by atoms with Gasteiger partial charge in [0.1, 0.15) is 11.6 Å². The molecule has 0 aliphatic carbocycles. The molecule has 5 rings (SSSR count). The van der Waals surface area contributed by atoms with Crippen LogP contribution in [0.5, 0.6) is 5.75 Å². The second-order valence-corrected chi connectivity index (χ2v) is 10.5. The van der Waals surface area contributed by atoms with Gasteiger partial charge in [-0.15, -0.1) is 0 Å². The van der Waals surface area contributed by atoms with Crippen LogP contribution in [-0.4, -0.2) is 36.9 Å². The van der Waals surface area contributed by atoms with Gasteiger partial charge in [0, 0.05) is 16.6 Å². The van der Waals surface area contributed by atoms with Crippen LogP contribution in [0.2, 0.25) is 10.0 Å². The number of nitrogens with one attached hydrogen (secondary N) is 1. The Kier molecular flexibility index (Phi) is 6.55. The van der Waals surface area contributed by atoms with Crippen LogP contribution in [0.1, 0.15) is 16.1 Å². The summed E-state index contributed by atoms with van der Waals surface area (Å²) < 4.78 is 16.1. The number of carbonyl (C=O) groups is 1. The highest BCUT2D eigenvalue weighted by Crippen LogP contribution is 2.40. The fourth-order valence-electron chi connectivity index (χ4n) is 3.79. The molecule has 8 nitrogen and oxygen atoms in total. The van der Waals surface area contributed by atoms with Gasteiger partial charge in [-0.25, -0.2) is 4.98 Å². The smallest absolute Gasteiger partial charge is 0.362 e. The van der Waals surface area contributed by atoms with Crippen LogP contribution in [0.25, 0.3) is 33.3 Å². The van der Waals surface area contributed by atoms with E-state index in [0.717, 1.165) is 10.9 Å². The number of halogens is 2. The molecule has 0 unspecified atom stereocenters. The maximum atomic E-state index is 13.0. The van der Waals surface area contributed by atoms with Gasteiger partial charge in [-0.05, 0) is 42.5 Å². The first kappa shape index (κ1) is 24.4. The molecule has 0 spiro atoms. The summed E-state index contributed by atoms with van der Waals surface area (Å²) in [5.41, 5.74) is 3.65. The number of ketones is 1. The van der Waals surface area contributed by atoms with Crippen molar-refractivity contribution in [2.24, 2.45) is 0 Å². The molecule has 5 aromatic rings. The van der Waals surface area contributed by atoms with E-state index in [-0.39, 0.29) is 28.0 Å². The molecule has 0 atom stereocenters. The van der Waals surface area contributed by atoms with Crippen LogP contribution in [0.15, 0.2) is 66.7 Å².